The molecule has 0 aromatic rings. The summed E-state index contributed by atoms with van der Waals surface area (Å²) in [6, 6.07) is 1.07. The largest absolute Gasteiger partial charge is 0.480 e. The molecule has 2 aliphatic rings. The van der Waals surface area contributed by atoms with E-state index >= 15 is 0 Å². The fraction of sp³-hybridized carbons (Fsp3) is 0.929. The molecule has 0 aromatic carbocycles. The second-order valence-electron chi connectivity index (χ2n) is 6.24. The summed E-state index contributed by atoms with van der Waals surface area (Å²) in [5.41, 5.74) is -0.620. The van der Waals surface area contributed by atoms with Crippen LogP contribution in [0.1, 0.15) is 46.5 Å². The van der Waals surface area contributed by atoms with E-state index in [4.69, 9.17) is 0 Å². The third kappa shape index (κ3) is 2.41. The zero-order valence-corrected chi connectivity index (χ0v) is 11.9. The van der Waals surface area contributed by atoms with E-state index in [0.29, 0.717) is 12.1 Å². The molecule has 104 valence electrons. The molecule has 0 spiro atoms. The van der Waals surface area contributed by atoms with Crippen LogP contribution in [0.5, 0.6) is 0 Å². The van der Waals surface area contributed by atoms with Gasteiger partial charge >= 0.3 is 5.97 Å². The molecule has 2 heterocycles. The molecular weight excluding hydrogens is 228 g/mol. The Morgan fingerprint density at radius 2 is 1.89 bits per heavy atom. The van der Waals surface area contributed by atoms with E-state index in [1.165, 1.54) is 0 Å². The number of carboxylic acids is 1. The number of hydrogen-bond donors (Lipinski definition) is 1. The van der Waals surface area contributed by atoms with E-state index in [1.807, 2.05) is 6.92 Å². The van der Waals surface area contributed by atoms with Crippen molar-refractivity contribution in [3.8, 4) is 0 Å². The highest BCUT2D eigenvalue weighted by molar-refractivity contribution is 5.78. The lowest BCUT2D eigenvalue weighted by molar-refractivity contribution is -0.150. The summed E-state index contributed by atoms with van der Waals surface area (Å²) >= 11 is 0. The maximum Gasteiger partial charge on any atom is 0.323 e. The van der Waals surface area contributed by atoms with Crippen LogP contribution in [0.4, 0.5) is 0 Å². The van der Waals surface area contributed by atoms with Crippen LogP contribution in [-0.2, 0) is 4.79 Å². The lowest BCUT2D eigenvalue weighted by atomic mass is 9.94. The maximum atomic E-state index is 11.5. The van der Waals surface area contributed by atoms with E-state index in [2.05, 4.69) is 23.6 Å². The smallest absolute Gasteiger partial charge is 0.323 e. The molecule has 2 saturated heterocycles. The average molecular weight is 254 g/mol. The summed E-state index contributed by atoms with van der Waals surface area (Å²) in [5.74, 6) is -0.647. The van der Waals surface area contributed by atoms with Crippen LogP contribution in [0, 0.1) is 0 Å². The fourth-order valence-corrected chi connectivity index (χ4v) is 3.51. The first-order valence-corrected chi connectivity index (χ1v) is 7.19. The van der Waals surface area contributed by atoms with E-state index in [-0.39, 0.29) is 0 Å². The van der Waals surface area contributed by atoms with Crippen molar-refractivity contribution in [2.24, 2.45) is 0 Å². The first kappa shape index (κ1) is 13.8. The molecule has 1 unspecified atom stereocenters. The molecular formula is C14H26N2O2. The number of piperidine rings is 1. The third-order valence-corrected chi connectivity index (χ3v) is 4.83. The van der Waals surface area contributed by atoms with E-state index in [1.54, 1.807) is 0 Å². The van der Waals surface area contributed by atoms with Crippen molar-refractivity contribution in [2.45, 2.75) is 64.1 Å². The van der Waals surface area contributed by atoms with E-state index < -0.39 is 11.5 Å². The summed E-state index contributed by atoms with van der Waals surface area (Å²) in [6.07, 6.45) is 4.04. The van der Waals surface area contributed by atoms with Crippen molar-refractivity contribution < 1.29 is 9.90 Å². The minimum atomic E-state index is -0.647. The number of aliphatic carboxylic acids is 1. The molecule has 18 heavy (non-hydrogen) atoms. The van der Waals surface area contributed by atoms with Gasteiger partial charge in [0.05, 0.1) is 0 Å². The molecule has 0 aliphatic carbocycles. The van der Waals surface area contributed by atoms with Crippen LogP contribution >= 0.6 is 0 Å². The molecule has 2 fully saturated rings. The second-order valence-corrected chi connectivity index (χ2v) is 6.24. The maximum absolute atomic E-state index is 11.5. The lowest BCUT2D eigenvalue weighted by Crippen LogP contribution is -2.55. The first-order valence-electron chi connectivity index (χ1n) is 7.19. The fourth-order valence-electron chi connectivity index (χ4n) is 3.51. The zero-order chi connectivity index (χ0) is 13.3. The predicted molar refractivity (Wildman–Crippen MR) is 71.7 cm³/mol. The summed E-state index contributed by atoms with van der Waals surface area (Å²) < 4.78 is 0. The van der Waals surface area contributed by atoms with Gasteiger partial charge in [-0.15, -0.1) is 0 Å². The molecule has 2 rings (SSSR count). The molecule has 1 N–H and O–H groups in total. The summed E-state index contributed by atoms with van der Waals surface area (Å²) in [5, 5.41) is 9.46. The van der Waals surface area contributed by atoms with E-state index in [0.717, 1.165) is 45.3 Å². The Hall–Kier alpha value is -0.610. The monoisotopic (exact) mass is 254 g/mol. The van der Waals surface area contributed by atoms with Gasteiger partial charge in [0.2, 0.25) is 0 Å². The molecule has 0 aromatic heterocycles. The Labute approximate surface area is 110 Å². The minimum absolute atomic E-state index is 0.462. The Morgan fingerprint density at radius 3 is 2.39 bits per heavy atom. The van der Waals surface area contributed by atoms with Crippen LogP contribution in [0.2, 0.25) is 0 Å². The molecule has 0 amide bonds. The lowest BCUT2D eigenvalue weighted by Gasteiger charge is -2.43. The standard InChI is InChI=1S/C14H26N2O2/c1-11(2)15-9-5-12(6-10-15)16-8-4-7-14(16,3)13(17)18/h11-12H,4-10H2,1-3H3,(H,17,18). The number of hydrogen-bond acceptors (Lipinski definition) is 3. The van der Waals surface area contributed by atoms with Gasteiger partial charge < -0.3 is 10.0 Å². The number of carboxylic acid groups (broad SMARTS) is 1. The van der Waals surface area contributed by atoms with Crippen molar-refractivity contribution >= 4 is 5.97 Å². The van der Waals surface area contributed by atoms with Crippen molar-refractivity contribution in [1.29, 1.82) is 0 Å². The highest BCUT2D eigenvalue weighted by Crippen LogP contribution is 2.34. The predicted octanol–water partition coefficient (Wildman–Crippen LogP) is 1.80. The van der Waals surface area contributed by atoms with Crippen molar-refractivity contribution in [3.63, 3.8) is 0 Å². The molecule has 0 saturated carbocycles. The highest BCUT2D eigenvalue weighted by atomic mass is 16.4. The van der Waals surface area contributed by atoms with Gasteiger partial charge in [-0.05, 0) is 66.1 Å². The zero-order valence-electron chi connectivity index (χ0n) is 11.9. The van der Waals surface area contributed by atoms with Gasteiger partial charge in [-0.25, -0.2) is 0 Å². The Bertz CT molecular complexity index is 311. The SMILES string of the molecule is CC(C)N1CCC(N2CCCC2(C)C(=O)O)CC1. The topological polar surface area (TPSA) is 43.8 Å². The van der Waals surface area contributed by atoms with Gasteiger partial charge in [0, 0.05) is 12.1 Å². The highest BCUT2D eigenvalue weighted by Gasteiger charge is 2.46. The number of carbonyl (C=O) groups is 1. The summed E-state index contributed by atoms with van der Waals surface area (Å²) in [4.78, 5) is 16.2. The average Bonchev–Trinajstić information content (AvgIpc) is 2.73. The normalized spacial score (nSPS) is 32.2. The van der Waals surface area contributed by atoms with Gasteiger partial charge in [0.15, 0.2) is 0 Å². The van der Waals surface area contributed by atoms with Gasteiger partial charge in [0.1, 0.15) is 5.54 Å². The van der Waals surface area contributed by atoms with Crippen LogP contribution in [0.15, 0.2) is 0 Å². The molecule has 1 atom stereocenters. The van der Waals surface area contributed by atoms with Gasteiger partial charge in [-0.2, -0.15) is 0 Å². The first-order chi connectivity index (χ1) is 8.45. The summed E-state index contributed by atoms with van der Waals surface area (Å²) in [6.45, 7) is 9.53. The quantitative estimate of drug-likeness (QED) is 0.834. The Balaban J connectivity index is 1.99. The van der Waals surface area contributed by atoms with Crippen molar-refractivity contribution in [1.82, 2.24) is 9.80 Å². The number of likely N-dealkylation sites (tertiary alicyclic amines) is 2. The van der Waals surface area contributed by atoms with Crippen LogP contribution < -0.4 is 0 Å². The minimum Gasteiger partial charge on any atom is -0.480 e. The van der Waals surface area contributed by atoms with Gasteiger partial charge in [-0.3, -0.25) is 9.69 Å². The molecule has 0 bridgehead atoms. The van der Waals surface area contributed by atoms with Crippen molar-refractivity contribution in [2.75, 3.05) is 19.6 Å². The molecule has 4 heteroatoms. The third-order valence-electron chi connectivity index (χ3n) is 4.83. The van der Waals surface area contributed by atoms with Gasteiger partial charge in [0.25, 0.3) is 0 Å². The number of nitrogens with zero attached hydrogens (tertiary/aromatic N) is 2. The Morgan fingerprint density at radius 1 is 1.28 bits per heavy atom. The van der Waals surface area contributed by atoms with Crippen molar-refractivity contribution in [3.05, 3.63) is 0 Å². The number of rotatable bonds is 3. The van der Waals surface area contributed by atoms with Crippen LogP contribution in [0.3, 0.4) is 0 Å². The van der Waals surface area contributed by atoms with Crippen LogP contribution in [-0.4, -0.2) is 58.1 Å². The Kier molecular flexibility index (Phi) is 3.97. The van der Waals surface area contributed by atoms with Gasteiger partial charge in [-0.1, -0.05) is 0 Å². The second kappa shape index (κ2) is 5.17. The molecule has 2 aliphatic heterocycles. The molecule has 0 radical (unpaired) electrons. The summed E-state index contributed by atoms with van der Waals surface area (Å²) in [7, 11) is 0. The molecule has 4 nitrogen and oxygen atoms in total. The van der Waals surface area contributed by atoms with Crippen LogP contribution in [0.25, 0.3) is 0 Å². The van der Waals surface area contributed by atoms with E-state index in [9.17, 15) is 9.90 Å².